The first-order chi connectivity index (χ1) is 9.76. The van der Waals surface area contributed by atoms with Crippen LogP contribution in [0.2, 0.25) is 0 Å². The molecular weight excluding hydrogens is 257 g/mol. The topological polar surface area (TPSA) is 34.4 Å². The summed E-state index contributed by atoms with van der Waals surface area (Å²) in [5.74, 6) is 0.457. The lowest BCUT2D eigenvalue weighted by Crippen LogP contribution is -2.22. The van der Waals surface area contributed by atoms with Gasteiger partial charge in [0.15, 0.2) is 11.4 Å². The molecule has 1 N–H and O–H groups in total. The lowest BCUT2D eigenvalue weighted by Gasteiger charge is -2.15. The largest absolute Gasteiger partial charge is 0.456 e. The molecule has 0 aliphatic rings. The van der Waals surface area contributed by atoms with Gasteiger partial charge in [-0.25, -0.2) is 4.39 Å². The van der Waals surface area contributed by atoms with E-state index in [4.69, 9.17) is 9.15 Å². The summed E-state index contributed by atoms with van der Waals surface area (Å²) in [7, 11) is 0. The van der Waals surface area contributed by atoms with Crippen molar-refractivity contribution >= 4 is 11.0 Å². The molecule has 1 atom stereocenters. The zero-order valence-corrected chi connectivity index (χ0v) is 12.1. The van der Waals surface area contributed by atoms with Gasteiger partial charge in [-0.1, -0.05) is 26.0 Å². The maximum absolute atomic E-state index is 13.7. The van der Waals surface area contributed by atoms with Gasteiger partial charge < -0.3 is 14.5 Å². The highest BCUT2D eigenvalue weighted by Crippen LogP contribution is 2.27. The Morgan fingerprint density at radius 2 is 2.15 bits per heavy atom. The van der Waals surface area contributed by atoms with Crippen LogP contribution in [0.1, 0.15) is 38.5 Å². The Morgan fingerprint density at radius 1 is 1.30 bits per heavy atom. The predicted molar refractivity (Wildman–Crippen MR) is 78.3 cm³/mol. The molecule has 1 aromatic carbocycles. The van der Waals surface area contributed by atoms with Crippen molar-refractivity contribution in [1.29, 1.82) is 0 Å². The van der Waals surface area contributed by atoms with Gasteiger partial charge in [0.25, 0.3) is 0 Å². The van der Waals surface area contributed by atoms with Crippen LogP contribution in [0.15, 0.2) is 28.7 Å². The van der Waals surface area contributed by atoms with E-state index in [2.05, 4.69) is 12.2 Å². The molecule has 0 spiro atoms. The zero-order chi connectivity index (χ0) is 14.4. The number of benzene rings is 1. The Labute approximate surface area is 119 Å². The molecule has 1 aromatic heterocycles. The second-order valence-electron chi connectivity index (χ2n) is 4.82. The maximum atomic E-state index is 13.7. The third kappa shape index (κ3) is 3.58. The first-order valence-electron chi connectivity index (χ1n) is 7.25. The fourth-order valence-corrected chi connectivity index (χ4v) is 2.26. The number of rotatable bonds is 8. The molecule has 110 valence electrons. The first-order valence-corrected chi connectivity index (χ1v) is 7.25. The summed E-state index contributed by atoms with van der Waals surface area (Å²) in [6.07, 6.45) is 1.83. The number of fused-ring (bicyclic) bond motifs is 1. The Kier molecular flexibility index (Phi) is 5.56. The number of para-hydroxylation sites is 1. The molecule has 0 amide bonds. The van der Waals surface area contributed by atoms with Crippen LogP contribution in [0.25, 0.3) is 11.0 Å². The molecule has 0 bridgehead atoms. The molecule has 2 aromatic rings. The molecule has 4 heteroatoms. The minimum absolute atomic E-state index is 0.0589. The van der Waals surface area contributed by atoms with Crippen LogP contribution in [0.4, 0.5) is 4.39 Å². The van der Waals surface area contributed by atoms with Gasteiger partial charge in [0.05, 0.1) is 6.04 Å². The maximum Gasteiger partial charge on any atom is 0.169 e. The molecule has 3 nitrogen and oxygen atoms in total. The van der Waals surface area contributed by atoms with Crippen molar-refractivity contribution in [3.05, 3.63) is 35.8 Å². The molecule has 0 aliphatic carbocycles. The molecule has 0 saturated carbocycles. The first kappa shape index (κ1) is 15.0. The number of furan rings is 1. The highest BCUT2D eigenvalue weighted by molar-refractivity contribution is 5.78. The number of hydrogen-bond donors (Lipinski definition) is 1. The lowest BCUT2D eigenvalue weighted by molar-refractivity contribution is 0.122. The van der Waals surface area contributed by atoms with Crippen LogP contribution in [0.5, 0.6) is 0 Å². The number of halogens is 1. The van der Waals surface area contributed by atoms with E-state index in [1.807, 2.05) is 19.1 Å². The molecule has 1 heterocycles. The molecule has 0 fully saturated rings. The smallest absolute Gasteiger partial charge is 0.169 e. The molecular formula is C16H22FNO2. The van der Waals surface area contributed by atoms with Crippen LogP contribution in [-0.4, -0.2) is 19.8 Å². The average Bonchev–Trinajstić information content (AvgIpc) is 2.88. The van der Waals surface area contributed by atoms with Gasteiger partial charge in [-0.05, 0) is 31.5 Å². The lowest BCUT2D eigenvalue weighted by atomic mass is 10.1. The summed E-state index contributed by atoms with van der Waals surface area (Å²) in [6.45, 7) is 6.41. The van der Waals surface area contributed by atoms with E-state index in [0.29, 0.717) is 12.2 Å². The van der Waals surface area contributed by atoms with Crippen LogP contribution >= 0.6 is 0 Å². The predicted octanol–water partition coefficient (Wildman–Crippen LogP) is 4.04. The van der Waals surface area contributed by atoms with Crippen LogP contribution in [0.3, 0.4) is 0 Å². The summed E-state index contributed by atoms with van der Waals surface area (Å²) >= 11 is 0. The fraction of sp³-hybridized carbons (Fsp3) is 0.500. The van der Waals surface area contributed by atoms with Crippen molar-refractivity contribution in [2.24, 2.45) is 0 Å². The van der Waals surface area contributed by atoms with Crippen LogP contribution in [0, 0.1) is 5.82 Å². The Morgan fingerprint density at radius 3 is 2.85 bits per heavy atom. The van der Waals surface area contributed by atoms with Crippen LogP contribution < -0.4 is 5.32 Å². The second kappa shape index (κ2) is 7.41. The minimum Gasteiger partial charge on any atom is -0.456 e. The van der Waals surface area contributed by atoms with Crippen molar-refractivity contribution in [2.45, 2.75) is 32.7 Å². The summed E-state index contributed by atoms with van der Waals surface area (Å²) in [6, 6.07) is 6.95. The average molecular weight is 279 g/mol. The van der Waals surface area contributed by atoms with Gasteiger partial charge in [-0.3, -0.25) is 0 Å². The minimum atomic E-state index is -0.314. The van der Waals surface area contributed by atoms with Gasteiger partial charge in [-0.15, -0.1) is 0 Å². The second-order valence-corrected chi connectivity index (χ2v) is 4.82. The van der Waals surface area contributed by atoms with Crippen molar-refractivity contribution in [2.75, 3.05) is 19.8 Å². The van der Waals surface area contributed by atoms with Crippen molar-refractivity contribution in [3.63, 3.8) is 0 Å². The third-order valence-corrected chi connectivity index (χ3v) is 3.21. The van der Waals surface area contributed by atoms with E-state index in [-0.39, 0.29) is 11.9 Å². The van der Waals surface area contributed by atoms with Gasteiger partial charge >= 0.3 is 0 Å². The molecule has 1 unspecified atom stereocenters. The SMILES string of the molecule is CCCOCCC(NCC)c1cc2cccc(F)c2o1. The van der Waals surface area contributed by atoms with E-state index >= 15 is 0 Å². The van der Waals surface area contributed by atoms with E-state index in [9.17, 15) is 4.39 Å². The quantitative estimate of drug-likeness (QED) is 0.741. The monoisotopic (exact) mass is 279 g/mol. The molecule has 0 aliphatic heterocycles. The zero-order valence-electron chi connectivity index (χ0n) is 12.1. The fourth-order valence-electron chi connectivity index (χ4n) is 2.26. The number of nitrogens with one attached hydrogen (secondary N) is 1. The third-order valence-electron chi connectivity index (χ3n) is 3.21. The van der Waals surface area contributed by atoms with Gasteiger partial charge in [0.2, 0.25) is 0 Å². The Bertz CT molecular complexity index is 538. The Hall–Kier alpha value is -1.39. The van der Waals surface area contributed by atoms with Gasteiger partial charge in [0.1, 0.15) is 5.76 Å². The molecule has 0 saturated heterocycles. The number of hydrogen-bond acceptors (Lipinski definition) is 3. The van der Waals surface area contributed by atoms with Gasteiger partial charge in [-0.2, -0.15) is 0 Å². The normalized spacial score (nSPS) is 12.9. The van der Waals surface area contributed by atoms with Crippen molar-refractivity contribution in [1.82, 2.24) is 5.32 Å². The number of ether oxygens (including phenoxy) is 1. The molecule has 2 rings (SSSR count). The summed E-state index contributed by atoms with van der Waals surface area (Å²) in [5.41, 5.74) is 0.333. The van der Waals surface area contributed by atoms with E-state index in [1.54, 1.807) is 6.07 Å². The van der Waals surface area contributed by atoms with E-state index in [0.717, 1.165) is 37.1 Å². The van der Waals surface area contributed by atoms with E-state index < -0.39 is 0 Å². The highest BCUT2D eigenvalue weighted by Gasteiger charge is 2.16. The molecule has 20 heavy (non-hydrogen) atoms. The van der Waals surface area contributed by atoms with Gasteiger partial charge in [0, 0.05) is 18.6 Å². The molecule has 0 radical (unpaired) electrons. The summed E-state index contributed by atoms with van der Waals surface area (Å²) in [4.78, 5) is 0. The summed E-state index contributed by atoms with van der Waals surface area (Å²) < 4.78 is 24.9. The standard InChI is InChI=1S/C16H22FNO2/c1-3-9-19-10-8-14(18-4-2)15-11-12-6-5-7-13(17)16(12)20-15/h5-7,11,14,18H,3-4,8-10H2,1-2H3. The van der Waals surface area contributed by atoms with Crippen molar-refractivity contribution < 1.29 is 13.5 Å². The van der Waals surface area contributed by atoms with Crippen molar-refractivity contribution in [3.8, 4) is 0 Å². The summed E-state index contributed by atoms with van der Waals surface area (Å²) in [5, 5.41) is 4.16. The Balaban J connectivity index is 2.12. The van der Waals surface area contributed by atoms with Crippen LogP contribution in [-0.2, 0) is 4.74 Å². The van der Waals surface area contributed by atoms with E-state index in [1.165, 1.54) is 6.07 Å². The highest BCUT2D eigenvalue weighted by atomic mass is 19.1.